The van der Waals surface area contributed by atoms with Gasteiger partial charge < -0.3 is 10.1 Å². The Kier molecular flexibility index (Phi) is 6.10. The van der Waals surface area contributed by atoms with Crippen LogP contribution in [-0.2, 0) is 17.6 Å². The topological polar surface area (TPSA) is 64.1 Å². The van der Waals surface area contributed by atoms with Gasteiger partial charge in [0.15, 0.2) is 0 Å². The summed E-state index contributed by atoms with van der Waals surface area (Å²) in [5.41, 5.74) is 2.13. The van der Waals surface area contributed by atoms with Crippen molar-refractivity contribution in [2.75, 3.05) is 5.32 Å². The highest BCUT2D eigenvalue weighted by molar-refractivity contribution is 8.00. The van der Waals surface area contributed by atoms with Crippen LogP contribution in [0.15, 0.2) is 66.0 Å². The highest BCUT2D eigenvalue weighted by Gasteiger charge is 2.23. The Balaban J connectivity index is 1.26. The van der Waals surface area contributed by atoms with Gasteiger partial charge in [0, 0.05) is 16.0 Å². The molecule has 4 aromatic rings. The summed E-state index contributed by atoms with van der Waals surface area (Å²) in [6, 6.07) is 17.0. The summed E-state index contributed by atoms with van der Waals surface area (Å²) in [6.45, 7) is 1.92. The van der Waals surface area contributed by atoms with Crippen molar-refractivity contribution in [1.82, 2.24) is 9.97 Å². The highest BCUT2D eigenvalue weighted by Crippen LogP contribution is 2.40. The van der Waals surface area contributed by atoms with Crippen molar-refractivity contribution in [3.63, 3.8) is 0 Å². The molecule has 5 nitrogen and oxygen atoms in total. The fraction of sp³-hybridized carbons (Fsp3) is 0.240. The summed E-state index contributed by atoms with van der Waals surface area (Å²) in [7, 11) is 0. The summed E-state index contributed by atoms with van der Waals surface area (Å²) in [5.74, 6) is 1.45. The predicted octanol–water partition coefficient (Wildman–Crippen LogP) is 6.48. The Morgan fingerprint density at radius 1 is 1.03 bits per heavy atom. The van der Waals surface area contributed by atoms with Crippen LogP contribution in [0.25, 0.3) is 10.2 Å². The van der Waals surface area contributed by atoms with E-state index < -0.39 is 0 Å². The Bertz CT molecular complexity index is 1240. The molecule has 1 atom stereocenters. The van der Waals surface area contributed by atoms with E-state index >= 15 is 0 Å². The number of hydrogen-bond acceptors (Lipinski definition) is 6. The number of hydrogen-bond donors (Lipinski definition) is 1. The summed E-state index contributed by atoms with van der Waals surface area (Å²) in [5, 5.41) is 4.77. The third-order valence-electron chi connectivity index (χ3n) is 5.47. The Hall–Kier alpha value is -2.90. The van der Waals surface area contributed by atoms with Gasteiger partial charge in [-0.2, -0.15) is 0 Å². The average molecular weight is 462 g/mol. The molecule has 0 saturated carbocycles. The standard InChI is InChI=1S/C25H23N3O2S2/c1-16(31-24-22-20-9-5-6-10-21(20)32-25(22)27-15-26-24)23(29)28-17-11-13-19(14-12-17)30-18-7-3-2-4-8-18/h2-4,7-8,11-16H,5-6,9-10H2,1H3,(H,28,29). The minimum Gasteiger partial charge on any atom is -0.457 e. The maximum absolute atomic E-state index is 12.9. The zero-order chi connectivity index (χ0) is 21.9. The number of carbonyl (C=O) groups excluding carboxylic acids is 1. The number of para-hydroxylation sites is 1. The molecule has 0 fully saturated rings. The molecule has 0 spiro atoms. The van der Waals surface area contributed by atoms with Crippen LogP contribution in [0.4, 0.5) is 5.69 Å². The van der Waals surface area contributed by atoms with Crippen LogP contribution < -0.4 is 10.1 Å². The van der Waals surface area contributed by atoms with Crippen LogP contribution in [0.2, 0.25) is 0 Å². The first-order chi connectivity index (χ1) is 15.7. The van der Waals surface area contributed by atoms with Gasteiger partial charge in [-0.15, -0.1) is 11.3 Å². The van der Waals surface area contributed by atoms with Gasteiger partial charge in [0.1, 0.15) is 27.7 Å². The van der Waals surface area contributed by atoms with E-state index in [2.05, 4.69) is 15.3 Å². The van der Waals surface area contributed by atoms with Crippen molar-refractivity contribution in [1.29, 1.82) is 0 Å². The van der Waals surface area contributed by atoms with Gasteiger partial charge in [0.25, 0.3) is 0 Å². The number of nitrogens with one attached hydrogen (secondary N) is 1. The second-order valence-electron chi connectivity index (χ2n) is 7.76. The molecule has 1 amide bonds. The monoisotopic (exact) mass is 461 g/mol. The van der Waals surface area contributed by atoms with E-state index in [1.165, 1.54) is 35.0 Å². The quantitative estimate of drug-likeness (QED) is 0.263. The van der Waals surface area contributed by atoms with E-state index in [4.69, 9.17) is 4.74 Å². The van der Waals surface area contributed by atoms with Crippen molar-refractivity contribution >= 4 is 44.9 Å². The molecular formula is C25H23N3O2S2. The maximum atomic E-state index is 12.9. The first-order valence-electron chi connectivity index (χ1n) is 10.7. The molecule has 2 heterocycles. The van der Waals surface area contributed by atoms with Crippen LogP contribution in [0.3, 0.4) is 0 Å². The van der Waals surface area contributed by atoms with Crippen LogP contribution in [0, 0.1) is 0 Å². The average Bonchev–Trinajstić information content (AvgIpc) is 3.20. The zero-order valence-electron chi connectivity index (χ0n) is 17.7. The van der Waals surface area contributed by atoms with Gasteiger partial charge in [-0.3, -0.25) is 4.79 Å². The van der Waals surface area contributed by atoms with Crippen LogP contribution in [-0.4, -0.2) is 21.1 Å². The van der Waals surface area contributed by atoms with Crippen molar-refractivity contribution in [3.05, 3.63) is 71.4 Å². The minimum atomic E-state index is -0.285. The third kappa shape index (κ3) is 4.49. The molecule has 0 saturated heterocycles. The number of nitrogens with zero attached hydrogens (tertiary/aromatic N) is 2. The predicted molar refractivity (Wildman–Crippen MR) is 131 cm³/mol. The molecule has 0 radical (unpaired) electrons. The van der Waals surface area contributed by atoms with Gasteiger partial charge in [0.2, 0.25) is 5.91 Å². The largest absolute Gasteiger partial charge is 0.457 e. The lowest BCUT2D eigenvalue weighted by atomic mass is 9.97. The second-order valence-corrected chi connectivity index (χ2v) is 10.2. The summed E-state index contributed by atoms with van der Waals surface area (Å²) >= 11 is 3.28. The molecule has 2 aromatic heterocycles. The van der Waals surface area contributed by atoms with E-state index in [9.17, 15) is 4.79 Å². The molecule has 0 aliphatic heterocycles. The molecule has 0 bridgehead atoms. The molecule has 162 valence electrons. The molecule has 7 heteroatoms. The molecule has 2 aromatic carbocycles. The smallest absolute Gasteiger partial charge is 0.237 e. The van der Waals surface area contributed by atoms with Crippen molar-refractivity contribution in [2.45, 2.75) is 42.9 Å². The number of amides is 1. The van der Waals surface area contributed by atoms with Crippen LogP contribution in [0.1, 0.15) is 30.2 Å². The number of anilines is 1. The Morgan fingerprint density at radius 3 is 2.59 bits per heavy atom. The van der Waals surface area contributed by atoms with Gasteiger partial charge in [-0.05, 0) is 74.6 Å². The van der Waals surface area contributed by atoms with Crippen molar-refractivity contribution < 1.29 is 9.53 Å². The normalized spacial score (nSPS) is 14.0. The summed E-state index contributed by atoms with van der Waals surface area (Å²) in [6.07, 6.45) is 6.26. The maximum Gasteiger partial charge on any atom is 0.237 e. The van der Waals surface area contributed by atoms with Crippen LogP contribution in [0.5, 0.6) is 11.5 Å². The SMILES string of the molecule is CC(Sc1ncnc2sc3c(c12)CCCC3)C(=O)Nc1ccc(Oc2ccccc2)cc1. The number of ether oxygens (including phenoxy) is 1. The van der Waals surface area contributed by atoms with Gasteiger partial charge in [0.05, 0.1) is 5.25 Å². The lowest BCUT2D eigenvalue weighted by molar-refractivity contribution is -0.115. The number of aromatic nitrogens is 2. The molecule has 1 aliphatic carbocycles. The number of fused-ring (bicyclic) bond motifs is 3. The fourth-order valence-corrected chi connectivity index (χ4v) is 6.09. The lowest BCUT2D eigenvalue weighted by Crippen LogP contribution is -2.22. The van der Waals surface area contributed by atoms with E-state index in [1.807, 2.05) is 61.5 Å². The molecule has 1 aliphatic rings. The van der Waals surface area contributed by atoms with E-state index in [1.54, 1.807) is 17.7 Å². The van der Waals surface area contributed by atoms with Gasteiger partial charge in [-0.25, -0.2) is 9.97 Å². The van der Waals surface area contributed by atoms with Crippen LogP contribution >= 0.6 is 23.1 Å². The highest BCUT2D eigenvalue weighted by atomic mass is 32.2. The fourth-order valence-electron chi connectivity index (χ4n) is 3.85. The Labute approximate surface area is 195 Å². The first-order valence-corrected chi connectivity index (χ1v) is 12.4. The van der Waals surface area contributed by atoms with Crippen molar-refractivity contribution in [2.24, 2.45) is 0 Å². The number of carbonyl (C=O) groups is 1. The molecule has 5 rings (SSSR count). The van der Waals surface area contributed by atoms with Gasteiger partial charge >= 0.3 is 0 Å². The summed E-state index contributed by atoms with van der Waals surface area (Å²) < 4.78 is 5.81. The van der Waals surface area contributed by atoms with E-state index in [0.717, 1.165) is 45.3 Å². The molecule has 32 heavy (non-hydrogen) atoms. The van der Waals surface area contributed by atoms with Gasteiger partial charge in [-0.1, -0.05) is 30.0 Å². The number of rotatable bonds is 6. The lowest BCUT2D eigenvalue weighted by Gasteiger charge is -2.14. The third-order valence-corrected chi connectivity index (χ3v) is 7.78. The van der Waals surface area contributed by atoms with E-state index in [0.29, 0.717) is 0 Å². The minimum absolute atomic E-state index is 0.0532. The first kappa shape index (κ1) is 21.0. The number of aryl methyl sites for hydroxylation is 2. The summed E-state index contributed by atoms with van der Waals surface area (Å²) in [4.78, 5) is 24.3. The molecule has 1 unspecified atom stereocenters. The molecular weight excluding hydrogens is 438 g/mol. The Morgan fingerprint density at radius 2 is 1.78 bits per heavy atom. The molecule has 1 N–H and O–H groups in total. The number of thioether (sulfide) groups is 1. The number of benzene rings is 2. The van der Waals surface area contributed by atoms with Crippen molar-refractivity contribution in [3.8, 4) is 11.5 Å². The van der Waals surface area contributed by atoms with E-state index in [-0.39, 0.29) is 11.2 Å². The second kappa shape index (κ2) is 9.30. The number of thiophene rings is 1. The zero-order valence-corrected chi connectivity index (χ0v) is 19.3.